The first-order valence-corrected chi connectivity index (χ1v) is 6.92. The number of aryl methyl sites for hydroxylation is 2. The molecule has 1 unspecified atom stereocenters. The molecule has 17 heavy (non-hydrogen) atoms. The van der Waals surface area contributed by atoms with E-state index < -0.39 is 0 Å². The van der Waals surface area contributed by atoms with Gasteiger partial charge < -0.3 is 9.88 Å². The number of nitrogens with zero attached hydrogens (tertiary/aromatic N) is 2. The fourth-order valence-corrected chi connectivity index (χ4v) is 2.23. The van der Waals surface area contributed by atoms with Crippen LogP contribution in [0.5, 0.6) is 0 Å². The Morgan fingerprint density at radius 3 is 2.71 bits per heavy atom. The Morgan fingerprint density at radius 1 is 1.35 bits per heavy atom. The molecule has 1 N–H and O–H groups in total. The van der Waals surface area contributed by atoms with Gasteiger partial charge in [-0.05, 0) is 25.3 Å². The van der Waals surface area contributed by atoms with Crippen LogP contribution in [0.4, 0.5) is 0 Å². The third-order valence-corrected chi connectivity index (χ3v) is 3.22. The van der Waals surface area contributed by atoms with E-state index in [1.54, 1.807) is 0 Å². The lowest BCUT2D eigenvalue weighted by molar-refractivity contribution is 0.380. The molecule has 0 saturated heterocycles. The molecule has 1 aromatic heterocycles. The maximum absolute atomic E-state index is 4.46. The van der Waals surface area contributed by atoms with Crippen LogP contribution in [0.3, 0.4) is 0 Å². The molecule has 0 fully saturated rings. The van der Waals surface area contributed by atoms with Crippen LogP contribution in [0.1, 0.15) is 46.4 Å². The second-order valence-electron chi connectivity index (χ2n) is 4.98. The summed E-state index contributed by atoms with van der Waals surface area (Å²) in [6, 6.07) is 0.603. The fraction of sp³-hybridized carbons (Fsp3) is 0.786. The molecule has 1 heterocycles. The van der Waals surface area contributed by atoms with E-state index in [4.69, 9.17) is 0 Å². The van der Waals surface area contributed by atoms with Crippen molar-refractivity contribution in [1.29, 1.82) is 0 Å². The second kappa shape index (κ2) is 7.49. The van der Waals surface area contributed by atoms with Crippen LogP contribution in [-0.4, -0.2) is 22.1 Å². The third-order valence-electron chi connectivity index (χ3n) is 3.22. The molecule has 3 nitrogen and oxygen atoms in total. The summed E-state index contributed by atoms with van der Waals surface area (Å²) in [4.78, 5) is 4.46. The Hall–Kier alpha value is -0.830. The lowest BCUT2D eigenvalue weighted by Gasteiger charge is -2.21. The van der Waals surface area contributed by atoms with Crippen molar-refractivity contribution in [3.05, 3.63) is 18.2 Å². The zero-order chi connectivity index (χ0) is 12.7. The third kappa shape index (κ3) is 4.50. The second-order valence-corrected chi connectivity index (χ2v) is 4.98. The van der Waals surface area contributed by atoms with Crippen molar-refractivity contribution in [1.82, 2.24) is 14.9 Å². The molecule has 0 aromatic carbocycles. The number of hydrogen-bond donors (Lipinski definition) is 1. The SMILES string of the molecule is CCCn1ccnc1CCC(NCC)C(C)C. The van der Waals surface area contributed by atoms with Crippen LogP contribution < -0.4 is 5.32 Å². The summed E-state index contributed by atoms with van der Waals surface area (Å²) in [7, 11) is 0. The first-order chi connectivity index (χ1) is 8.19. The van der Waals surface area contributed by atoms with E-state index in [0.29, 0.717) is 12.0 Å². The maximum atomic E-state index is 4.46. The number of nitrogens with one attached hydrogen (secondary N) is 1. The highest BCUT2D eigenvalue weighted by atomic mass is 15.1. The molecule has 0 amide bonds. The zero-order valence-electron chi connectivity index (χ0n) is 11.7. The predicted molar refractivity (Wildman–Crippen MR) is 73.1 cm³/mol. The molecule has 1 rings (SSSR count). The minimum atomic E-state index is 0.603. The number of aromatic nitrogens is 2. The van der Waals surface area contributed by atoms with Crippen molar-refractivity contribution in [3.63, 3.8) is 0 Å². The smallest absolute Gasteiger partial charge is 0.108 e. The van der Waals surface area contributed by atoms with Crippen molar-refractivity contribution < 1.29 is 0 Å². The lowest BCUT2D eigenvalue weighted by Crippen LogP contribution is -2.34. The summed E-state index contributed by atoms with van der Waals surface area (Å²) >= 11 is 0. The average Bonchev–Trinajstić information content (AvgIpc) is 2.72. The zero-order valence-corrected chi connectivity index (χ0v) is 11.7. The highest BCUT2D eigenvalue weighted by molar-refractivity contribution is 4.93. The largest absolute Gasteiger partial charge is 0.335 e. The normalized spacial score (nSPS) is 13.2. The van der Waals surface area contributed by atoms with Crippen molar-refractivity contribution in [3.8, 4) is 0 Å². The minimum absolute atomic E-state index is 0.603. The highest BCUT2D eigenvalue weighted by Crippen LogP contribution is 2.10. The Labute approximate surface area is 106 Å². The Morgan fingerprint density at radius 2 is 2.12 bits per heavy atom. The van der Waals surface area contributed by atoms with Crippen LogP contribution in [-0.2, 0) is 13.0 Å². The molecule has 0 aliphatic carbocycles. The van der Waals surface area contributed by atoms with Gasteiger partial charge in [-0.2, -0.15) is 0 Å². The van der Waals surface area contributed by atoms with Gasteiger partial charge in [-0.1, -0.05) is 27.7 Å². The molecule has 1 atom stereocenters. The van der Waals surface area contributed by atoms with Gasteiger partial charge in [0.15, 0.2) is 0 Å². The van der Waals surface area contributed by atoms with Gasteiger partial charge in [-0.3, -0.25) is 0 Å². The lowest BCUT2D eigenvalue weighted by atomic mass is 9.99. The van der Waals surface area contributed by atoms with Crippen molar-refractivity contribution in [2.45, 2.75) is 59.5 Å². The van der Waals surface area contributed by atoms with E-state index in [0.717, 1.165) is 19.5 Å². The predicted octanol–water partition coefficient (Wildman–Crippen LogP) is 2.86. The summed E-state index contributed by atoms with van der Waals surface area (Å²) < 4.78 is 2.28. The standard InChI is InChI=1S/C14H27N3/c1-5-10-17-11-9-16-14(17)8-7-13(12(3)4)15-6-2/h9,11-13,15H,5-8,10H2,1-4H3. The highest BCUT2D eigenvalue weighted by Gasteiger charge is 2.13. The van der Waals surface area contributed by atoms with Crippen LogP contribution in [0.25, 0.3) is 0 Å². The van der Waals surface area contributed by atoms with Gasteiger partial charge >= 0.3 is 0 Å². The molecule has 3 heteroatoms. The van der Waals surface area contributed by atoms with Crippen LogP contribution in [0.2, 0.25) is 0 Å². The van der Waals surface area contributed by atoms with Gasteiger partial charge in [-0.15, -0.1) is 0 Å². The van der Waals surface area contributed by atoms with E-state index in [-0.39, 0.29) is 0 Å². The molecular formula is C14H27N3. The van der Waals surface area contributed by atoms with E-state index in [2.05, 4.69) is 48.8 Å². The van der Waals surface area contributed by atoms with Gasteiger partial charge in [0, 0.05) is 31.4 Å². The average molecular weight is 237 g/mol. The molecule has 1 aromatic rings. The first-order valence-electron chi connectivity index (χ1n) is 6.92. The number of rotatable bonds is 8. The van der Waals surface area contributed by atoms with Crippen molar-refractivity contribution in [2.24, 2.45) is 5.92 Å². The topological polar surface area (TPSA) is 29.9 Å². The summed E-state index contributed by atoms with van der Waals surface area (Å²) in [5, 5.41) is 3.56. The number of hydrogen-bond acceptors (Lipinski definition) is 2. The van der Waals surface area contributed by atoms with Gasteiger partial charge in [0.1, 0.15) is 5.82 Å². The summed E-state index contributed by atoms with van der Waals surface area (Å²) in [5.74, 6) is 1.92. The Kier molecular flexibility index (Phi) is 6.27. The maximum Gasteiger partial charge on any atom is 0.108 e. The van der Waals surface area contributed by atoms with Crippen LogP contribution in [0, 0.1) is 5.92 Å². The molecule has 0 aliphatic rings. The molecule has 0 saturated carbocycles. The monoisotopic (exact) mass is 237 g/mol. The fourth-order valence-electron chi connectivity index (χ4n) is 2.23. The molecule has 0 bridgehead atoms. The van der Waals surface area contributed by atoms with Crippen LogP contribution in [0.15, 0.2) is 12.4 Å². The Balaban J connectivity index is 2.49. The number of imidazole rings is 1. The van der Waals surface area contributed by atoms with Crippen molar-refractivity contribution in [2.75, 3.05) is 6.54 Å². The molecular weight excluding hydrogens is 210 g/mol. The van der Waals surface area contributed by atoms with E-state index in [9.17, 15) is 0 Å². The van der Waals surface area contributed by atoms with Gasteiger partial charge in [0.25, 0.3) is 0 Å². The van der Waals surface area contributed by atoms with Gasteiger partial charge in [0.05, 0.1) is 0 Å². The van der Waals surface area contributed by atoms with Gasteiger partial charge in [-0.25, -0.2) is 4.98 Å². The van der Waals surface area contributed by atoms with E-state index in [1.165, 1.54) is 18.7 Å². The van der Waals surface area contributed by atoms with E-state index >= 15 is 0 Å². The first kappa shape index (κ1) is 14.2. The van der Waals surface area contributed by atoms with Gasteiger partial charge in [0.2, 0.25) is 0 Å². The van der Waals surface area contributed by atoms with Crippen LogP contribution >= 0.6 is 0 Å². The summed E-state index contributed by atoms with van der Waals surface area (Å²) in [5.41, 5.74) is 0. The Bertz CT molecular complexity index is 304. The summed E-state index contributed by atoms with van der Waals surface area (Å²) in [6.45, 7) is 11.1. The van der Waals surface area contributed by atoms with Crippen molar-refractivity contribution >= 4 is 0 Å². The molecule has 0 radical (unpaired) electrons. The molecule has 98 valence electrons. The molecule has 0 aliphatic heterocycles. The quantitative estimate of drug-likeness (QED) is 0.753. The minimum Gasteiger partial charge on any atom is -0.335 e. The summed E-state index contributed by atoms with van der Waals surface area (Å²) in [6.07, 6.45) is 7.43. The molecule has 0 spiro atoms. The van der Waals surface area contributed by atoms with E-state index in [1.807, 2.05) is 6.20 Å².